The van der Waals surface area contributed by atoms with Gasteiger partial charge < -0.3 is 4.99 Å². The zero-order chi connectivity index (χ0) is 10.4. The van der Waals surface area contributed by atoms with Crippen molar-refractivity contribution in [2.75, 3.05) is 0 Å². The van der Waals surface area contributed by atoms with Crippen molar-refractivity contribution in [2.24, 2.45) is 10.9 Å². The van der Waals surface area contributed by atoms with Crippen molar-refractivity contribution in [2.45, 2.75) is 34.6 Å². The van der Waals surface area contributed by atoms with Crippen LogP contribution in [-0.4, -0.2) is 6.21 Å². The second-order valence-corrected chi connectivity index (χ2v) is 3.54. The van der Waals surface area contributed by atoms with Gasteiger partial charge in [0.05, 0.1) is 0 Å². The summed E-state index contributed by atoms with van der Waals surface area (Å²) in [6, 6.07) is 0. The van der Waals surface area contributed by atoms with Crippen LogP contribution in [0.25, 0.3) is 0 Å². The number of hydrogen-bond donors (Lipinski definition) is 0. The average molecular weight is 178 g/mol. The molecule has 0 N–H and O–H groups in total. The Bertz CT molecular complexity index is 232. The van der Waals surface area contributed by atoms with Gasteiger partial charge in [0.2, 0.25) is 0 Å². The summed E-state index contributed by atoms with van der Waals surface area (Å²) in [6.45, 7) is 14.3. The van der Waals surface area contributed by atoms with E-state index in [-0.39, 0.29) is 0 Å². The highest BCUT2D eigenvalue weighted by Crippen LogP contribution is 2.14. The van der Waals surface area contributed by atoms with Crippen LogP contribution in [0.2, 0.25) is 0 Å². The molecule has 0 unspecified atom stereocenters. The van der Waals surface area contributed by atoms with Gasteiger partial charge in [0, 0.05) is 5.70 Å². The van der Waals surface area contributed by atoms with E-state index in [0.29, 0.717) is 5.92 Å². The standard InChI is InChI=1S/C12H20N/c1-7-10(4)8-13-12(6)11(5)9(2)3/h7-9H,4H2,1-3,5-6H3/q-1/b12-11+,13-8?. The van der Waals surface area contributed by atoms with Crippen LogP contribution in [0.15, 0.2) is 28.4 Å². The Balaban J connectivity index is 4.45. The minimum Gasteiger partial charge on any atom is -0.325 e. The van der Waals surface area contributed by atoms with E-state index in [0.717, 1.165) is 11.3 Å². The fraction of sp³-hybridized carbons (Fsp3) is 0.500. The van der Waals surface area contributed by atoms with Crippen LogP contribution >= 0.6 is 0 Å². The molecule has 13 heavy (non-hydrogen) atoms. The molecule has 0 aliphatic carbocycles. The largest absolute Gasteiger partial charge is 0.325 e. The first-order chi connectivity index (χ1) is 5.99. The number of allylic oxidation sites excluding steroid dienone is 3. The van der Waals surface area contributed by atoms with E-state index < -0.39 is 0 Å². The molecule has 0 aliphatic heterocycles. The molecule has 0 spiro atoms. The maximum Gasteiger partial charge on any atom is 0.0214 e. The SMILES string of the molecule is C=C(C=N/C(C)=C(\C)C(C)C)[CH-]C. The fourth-order valence-electron chi connectivity index (χ4n) is 0.774. The maximum atomic E-state index is 4.34. The van der Waals surface area contributed by atoms with E-state index in [2.05, 4.69) is 32.3 Å². The number of aliphatic imine (C=N–C) groups is 1. The number of nitrogens with zero attached hydrogens (tertiary/aromatic N) is 1. The minimum atomic E-state index is 0.566. The first-order valence-corrected chi connectivity index (χ1v) is 4.68. The molecular formula is C12H20N-. The molecule has 0 fully saturated rings. The van der Waals surface area contributed by atoms with E-state index >= 15 is 0 Å². The summed E-state index contributed by atoms with van der Waals surface area (Å²) in [7, 11) is 0. The molecule has 0 saturated heterocycles. The molecule has 74 valence electrons. The Hall–Kier alpha value is -0.980. The van der Waals surface area contributed by atoms with Gasteiger partial charge in [-0.05, 0) is 19.8 Å². The van der Waals surface area contributed by atoms with E-state index in [1.165, 1.54) is 5.57 Å². The Labute approximate surface area is 82.3 Å². The summed E-state index contributed by atoms with van der Waals surface area (Å²) < 4.78 is 0. The monoisotopic (exact) mass is 178 g/mol. The van der Waals surface area contributed by atoms with Crippen molar-refractivity contribution in [3.8, 4) is 0 Å². The summed E-state index contributed by atoms with van der Waals surface area (Å²) in [5.41, 5.74) is 3.38. The van der Waals surface area contributed by atoms with Crippen LogP contribution in [0, 0.1) is 12.3 Å². The van der Waals surface area contributed by atoms with Crippen molar-refractivity contribution in [3.63, 3.8) is 0 Å². The van der Waals surface area contributed by atoms with Crippen LogP contribution in [0.3, 0.4) is 0 Å². The predicted molar refractivity (Wildman–Crippen MR) is 60.8 cm³/mol. The lowest BCUT2D eigenvalue weighted by Gasteiger charge is -2.09. The Morgan fingerprint density at radius 3 is 2.31 bits per heavy atom. The summed E-state index contributed by atoms with van der Waals surface area (Å²) in [5.74, 6) is 0.566. The van der Waals surface area contributed by atoms with Crippen molar-refractivity contribution in [1.82, 2.24) is 0 Å². The molecule has 0 aromatic heterocycles. The zero-order valence-corrected chi connectivity index (χ0v) is 9.39. The molecular weight excluding hydrogens is 158 g/mol. The lowest BCUT2D eigenvalue weighted by atomic mass is 10.0. The highest BCUT2D eigenvalue weighted by atomic mass is 14.7. The van der Waals surface area contributed by atoms with E-state index in [4.69, 9.17) is 0 Å². The molecule has 1 heteroatoms. The van der Waals surface area contributed by atoms with Gasteiger partial charge in [0.15, 0.2) is 0 Å². The third-order valence-electron chi connectivity index (χ3n) is 2.23. The van der Waals surface area contributed by atoms with Gasteiger partial charge in [-0.15, -0.1) is 0 Å². The van der Waals surface area contributed by atoms with Crippen LogP contribution in [0.4, 0.5) is 0 Å². The molecule has 0 saturated carbocycles. The highest BCUT2D eigenvalue weighted by molar-refractivity contribution is 5.80. The van der Waals surface area contributed by atoms with Gasteiger partial charge in [-0.3, -0.25) is 0 Å². The van der Waals surface area contributed by atoms with E-state index in [9.17, 15) is 0 Å². The minimum absolute atomic E-state index is 0.566. The first kappa shape index (κ1) is 12.0. The van der Waals surface area contributed by atoms with Gasteiger partial charge in [-0.1, -0.05) is 32.6 Å². The summed E-state index contributed by atoms with van der Waals surface area (Å²) in [6.07, 6.45) is 3.75. The van der Waals surface area contributed by atoms with Crippen molar-refractivity contribution < 1.29 is 0 Å². The second kappa shape index (κ2) is 5.63. The molecule has 0 aromatic carbocycles. The third kappa shape index (κ3) is 4.56. The van der Waals surface area contributed by atoms with Gasteiger partial charge in [0.25, 0.3) is 0 Å². The van der Waals surface area contributed by atoms with Crippen LogP contribution in [-0.2, 0) is 0 Å². The average Bonchev–Trinajstić information content (AvgIpc) is 2.11. The van der Waals surface area contributed by atoms with Gasteiger partial charge in [-0.25, -0.2) is 0 Å². The van der Waals surface area contributed by atoms with Gasteiger partial charge in [0.1, 0.15) is 0 Å². The van der Waals surface area contributed by atoms with Crippen molar-refractivity contribution in [3.05, 3.63) is 29.8 Å². The number of rotatable bonds is 4. The van der Waals surface area contributed by atoms with Crippen molar-refractivity contribution in [1.29, 1.82) is 0 Å². The normalized spacial score (nSPS) is 13.4. The van der Waals surface area contributed by atoms with E-state index in [1.807, 2.05) is 20.3 Å². The van der Waals surface area contributed by atoms with Crippen molar-refractivity contribution >= 4 is 6.21 Å². The number of hydrogen-bond acceptors (Lipinski definition) is 1. The third-order valence-corrected chi connectivity index (χ3v) is 2.23. The zero-order valence-electron chi connectivity index (χ0n) is 9.39. The summed E-state index contributed by atoms with van der Waals surface area (Å²) >= 11 is 0. The molecule has 0 aromatic rings. The molecule has 0 rings (SSSR count). The Kier molecular flexibility index (Phi) is 5.20. The molecule has 0 heterocycles. The first-order valence-electron chi connectivity index (χ1n) is 4.68. The molecule has 0 bridgehead atoms. The van der Waals surface area contributed by atoms with E-state index in [1.54, 1.807) is 6.21 Å². The fourth-order valence-corrected chi connectivity index (χ4v) is 0.774. The van der Waals surface area contributed by atoms with Crippen LogP contribution < -0.4 is 0 Å². The highest BCUT2D eigenvalue weighted by Gasteiger charge is 1.98. The quantitative estimate of drug-likeness (QED) is 0.459. The second-order valence-electron chi connectivity index (χ2n) is 3.54. The molecule has 0 atom stereocenters. The van der Waals surface area contributed by atoms with Crippen LogP contribution in [0.5, 0.6) is 0 Å². The lowest BCUT2D eigenvalue weighted by molar-refractivity contribution is 0.754. The van der Waals surface area contributed by atoms with Gasteiger partial charge in [-0.2, -0.15) is 18.6 Å². The Morgan fingerprint density at radius 2 is 1.92 bits per heavy atom. The molecule has 0 amide bonds. The van der Waals surface area contributed by atoms with Crippen LogP contribution in [0.1, 0.15) is 34.6 Å². The predicted octanol–water partition coefficient (Wildman–Crippen LogP) is 3.79. The maximum absolute atomic E-state index is 4.34. The summed E-state index contributed by atoms with van der Waals surface area (Å²) in [5, 5.41) is 0. The lowest BCUT2D eigenvalue weighted by Crippen LogP contribution is -1.92. The summed E-state index contributed by atoms with van der Waals surface area (Å²) in [4.78, 5) is 4.34. The molecule has 1 nitrogen and oxygen atoms in total. The van der Waals surface area contributed by atoms with Gasteiger partial charge >= 0.3 is 0 Å². The molecule has 0 radical (unpaired) electrons. The smallest absolute Gasteiger partial charge is 0.0214 e. The Morgan fingerprint density at radius 1 is 1.38 bits per heavy atom. The topological polar surface area (TPSA) is 12.4 Å². The molecule has 0 aliphatic rings.